The average Bonchev–Trinajstić information content (AvgIpc) is 3.25. The second-order valence-electron chi connectivity index (χ2n) is 6.19. The van der Waals surface area contributed by atoms with Crippen molar-refractivity contribution in [1.82, 2.24) is 15.0 Å². The summed E-state index contributed by atoms with van der Waals surface area (Å²) in [4.78, 5) is 11.5. The molecule has 0 bridgehead atoms. The molecule has 0 radical (unpaired) electrons. The molecule has 5 rings (SSSR count). The van der Waals surface area contributed by atoms with Crippen molar-refractivity contribution >= 4 is 45.0 Å². The van der Waals surface area contributed by atoms with Crippen LogP contribution in [0.25, 0.3) is 44.3 Å². The number of halogens is 2. The second-order valence-corrected chi connectivity index (χ2v) is 7.07. The van der Waals surface area contributed by atoms with Crippen molar-refractivity contribution in [2.24, 2.45) is 0 Å². The lowest BCUT2D eigenvalue weighted by atomic mass is 10.1. The van der Waals surface area contributed by atoms with Crippen LogP contribution in [0.2, 0.25) is 10.0 Å². The molecule has 0 saturated heterocycles. The van der Waals surface area contributed by atoms with Crippen LogP contribution in [0.1, 0.15) is 0 Å². The summed E-state index contributed by atoms with van der Waals surface area (Å²) in [5.74, 6) is 0. The molecular formula is C21H13Cl2N3. The van der Waals surface area contributed by atoms with Gasteiger partial charge in [-0.25, -0.2) is 4.98 Å². The molecule has 26 heavy (non-hydrogen) atoms. The van der Waals surface area contributed by atoms with Crippen LogP contribution >= 0.6 is 23.2 Å². The summed E-state index contributed by atoms with van der Waals surface area (Å²) in [5, 5.41) is 3.54. The van der Waals surface area contributed by atoms with Gasteiger partial charge in [0, 0.05) is 55.4 Å². The molecule has 0 amide bonds. The number of hydrogen-bond donors (Lipinski definition) is 2. The van der Waals surface area contributed by atoms with Crippen LogP contribution in [0.4, 0.5) is 0 Å². The molecule has 0 aliphatic rings. The van der Waals surface area contributed by atoms with Gasteiger partial charge in [0.25, 0.3) is 0 Å². The minimum Gasteiger partial charge on any atom is -0.360 e. The predicted molar refractivity (Wildman–Crippen MR) is 109 cm³/mol. The highest BCUT2D eigenvalue weighted by atomic mass is 35.5. The smallest absolute Gasteiger partial charge is 0.0731 e. The van der Waals surface area contributed by atoms with Gasteiger partial charge in [-0.2, -0.15) is 0 Å². The number of H-pyrrole nitrogens is 2. The summed E-state index contributed by atoms with van der Waals surface area (Å²) < 4.78 is 0. The van der Waals surface area contributed by atoms with Crippen molar-refractivity contribution in [1.29, 1.82) is 0 Å². The Bertz CT molecular complexity index is 1170. The summed E-state index contributed by atoms with van der Waals surface area (Å²) in [6, 6.07) is 17.7. The molecule has 0 spiro atoms. The Morgan fingerprint density at radius 3 is 1.65 bits per heavy atom. The fraction of sp³-hybridized carbons (Fsp3) is 0. The van der Waals surface area contributed by atoms with E-state index in [1.54, 1.807) is 0 Å². The van der Waals surface area contributed by atoms with E-state index in [9.17, 15) is 0 Å². The van der Waals surface area contributed by atoms with Gasteiger partial charge in [-0.3, -0.25) is 0 Å². The molecule has 0 aliphatic carbocycles. The Kier molecular flexibility index (Phi) is 3.52. The Balaban J connectivity index is 1.69. The zero-order valence-corrected chi connectivity index (χ0v) is 15.1. The SMILES string of the molecule is Clc1ccc2[nH]cc(-c3cccc(-c4c[nH]c5ccc(Cl)cc45)n3)c2c1. The first kappa shape index (κ1) is 15.5. The summed E-state index contributed by atoms with van der Waals surface area (Å²) in [5.41, 5.74) is 5.93. The van der Waals surface area contributed by atoms with Crippen LogP contribution in [0.15, 0.2) is 67.0 Å². The minimum absolute atomic E-state index is 0.709. The molecular weight excluding hydrogens is 365 g/mol. The molecule has 2 N–H and O–H groups in total. The third-order valence-corrected chi connectivity index (χ3v) is 5.06. The summed E-state index contributed by atoms with van der Waals surface area (Å²) in [7, 11) is 0. The van der Waals surface area contributed by atoms with E-state index < -0.39 is 0 Å². The number of hydrogen-bond acceptors (Lipinski definition) is 1. The fourth-order valence-corrected chi connectivity index (χ4v) is 3.69. The number of nitrogens with one attached hydrogen (secondary N) is 2. The summed E-state index contributed by atoms with van der Waals surface area (Å²) >= 11 is 12.4. The van der Waals surface area contributed by atoms with Crippen LogP contribution in [0.5, 0.6) is 0 Å². The van der Waals surface area contributed by atoms with Crippen molar-refractivity contribution in [3.63, 3.8) is 0 Å². The monoisotopic (exact) mass is 377 g/mol. The van der Waals surface area contributed by atoms with E-state index >= 15 is 0 Å². The number of nitrogens with zero attached hydrogens (tertiary/aromatic N) is 1. The first-order valence-electron chi connectivity index (χ1n) is 8.20. The van der Waals surface area contributed by atoms with Gasteiger partial charge in [0.2, 0.25) is 0 Å². The average molecular weight is 378 g/mol. The maximum Gasteiger partial charge on any atom is 0.0731 e. The Morgan fingerprint density at radius 2 is 1.15 bits per heavy atom. The highest BCUT2D eigenvalue weighted by Gasteiger charge is 2.12. The third kappa shape index (κ3) is 2.48. The molecule has 0 atom stereocenters. The molecule has 3 nitrogen and oxygen atoms in total. The van der Waals surface area contributed by atoms with Gasteiger partial charge in [0.1, 0.15) is 0 Å². The topological polar surface area (TPSA) is 44.5 Å². The van der Waals surface area contributed by atoms with Gasteiger partial charge in [0.15, 0.2) is 0 Å². The molecule has 3 heterocycles. The zero-order chi connectivity index (χ0) is 17.7. The fourth-order valence-electron chi connectivity index (χ4n) is 3.34. The van der Waals surface area contributed by atoms with Gasteiger partial charge in [-0.05, 0) is 48.5 Å². The quantitative estimate of drug-likeness (QED) is 0.353. The largest absolute Gasteiger partial charge is 0.360 e. The Morgan fingerprint density at radius 1 is 0.654 bits per heavy atom. The first-order chi connectivity index (χ1) is 12.7. The molecule has 3 aromatic heterocycles. The molecule has 0 unspecified atom stereocenters. The van der Waals surface area contributed by atoms with E-state index in [0.29, 0.717) is 10.0 Å². The highest BCUT2D eigenvalue weighted by molar-refractivity contribution is 6.31. The number of pyridine rings is 1. The highest BCUT2D eigenvalue weighted by Crippen LogP contribution is 2.33. The number of aromatic nitrogens is 3. The van der Waals surface area contributed by atoms with Crippen LogP contribution in [0.3, 0.4) is 0 Å². The van der Waals surface area contributed by atoms with Crippen molar-refractivity contribution in [3.8, 4) is 22.5 Å². The normalized spacial score (nSPS) is 11.5. The zero-order valence-electron chi connectivity index (χ0n) is 13.6. The maximum absolute atomic E-state index is 6.18. The van der Waals surface area contributed by atoms with Gasteiger partial charge in [0.05, 0.1) is 11.4 Å². The number of benzene rings is 2. The first-order valence-corrected chi connectivity index (χ1v) is 8.96. The van der Waals surface area contributed by atoms with Crippen LogP contribution in [-0.2, 0) is 0 Å². The Labute approximate surface area is 159 Å². The predicted octanol–water partition coefficient (Wildman–Crippen LogP) is 6.69. The summed E-state index contributed by atoms with van der Waals surface area (Å²) in [6.07, 6.45) is 3.94. The summed E-state index contributed by atoms with van der Waals surface area (Å²) in [6.45, 7) is 0. The van der Waals surface area contributed by atoms with Crippen molar-refractivity contribution in [3.05, 3.63) is 77.0 Å². The van der Waals surface area contributed by atoms with E-state index in [-0.39, 0.29) is 0 Å². The Hall–Kier alpha value is -2.75. The van der Waals surface area contributed by atoms with E-state index in [4.69, 9.17) is 28.2 Å². The van der Waals surface area contributed by atoms with Crippen molar-refractivity contribution in [2.75, 3.05) is 0 Å². The molecule has 0 saturated carbocycles. The molecule has 5 aromatic rings. The standard InChI is InChI=1S/C21H13Cl2N3/c22-12-4-6-18-14(8-12)16(10-24-18)20-2-1-3-21(26-20)17-11-25-19-7-5-13(23)9-15(17)19/h1-11,24-25H. The van der Waals surface area contributed by atoms with Gasteiger partial charge < -0.3 is 9.97 Å². The molecule has 2 aromatic carbocycles. The number of rotatable bonds is 2. The van der Waals surface area contributed by atoms with Crippen LogP contribution in [-0.4, -0.2) is 15.0 Å². The molecule has 126 valence electrons. The van der Waals surface area contributed by atoms with E-state index in [2.05, 4.69) is 9.97 Å². The van der Waals surface area contributed by atoms with Gasteiger partial charge >= 0.3 is 0 Å². The second kappa shape index (κ2) is 5.90. The maximum atomic E-state index is 6.18. The van der Waals surface area contributed by atoms with Crippen LogP contribution < -0.4 is 0 Å². The van der Waals surface area contributed by atoms with E-state index in [1.165, 1.54) is 0 Å². The van der Waals surface area contributed by atoms with Crippen LogP contribution in [0, 0.1) is 0 Å². The number of aromatic amines is 2. The third-order valence-electron chi connectivity index (χ3n) is 4.59. The number of fused-ring (bicyclic) bond motifs is 2. The molecule has 0 aliphatic heterocycles. The molecule has 5 heteroatoms. The minimum atomic E-state index is 0.709. The lowest BCUT2D eigenvalue weighted by Gasteiger charge is -2.04. The van der Waals surface area contributed by atoms with Gasteiger partial charge in [-0.15, -0.1) is 0 Å². The van der Waals surface area contributed by atoms with Gasteiger partial charge in [-0.1, -0.05) is 29.3 Å². The lowest BCUT2D eigenvalue weighted by Crippen LogP contribution is -1.86. The van der Waals surface area contributed by atoms with E-state index in [1.807, 2.05) is 67.0 Å². The van der Waals surface area contributed by atoms with Crippen molar-refractivity contribution < 1.29 is 0 Å². The van der Waals surface area contributed by atoms with E-state index in [0.717, 1.165) is 44.3 Å². The van der Waals surface area contributed by atoms with Crippen molar-refractivity contribution in [2.45, 2.75) is 0 Å². The molecule has 0 fully saturated rings. The lowest BCUT2D eigenvalue weighted by molar-refractivity contribution is 1.33.